The Morgan fingerprint density at radius 1 is 0.508 bits per heavy atom. The van der Waals surface area contributed by atoms with Crippen LogP contribution >= 0.6 is 7.82 Å². The Hall–Kier alpha value is -2.03. The zero-order valence-electron chi connectivity index (χ0n) is 38.0. The number of phosphoric acid groups is 1. The number of rotatable bonds is 45. The molecule has 3 N–H and O–H groups in total. The Labute approximate surface area is 362 Å². The van der Waals surface area contributed by atoms with E-state index in [4.69, 9.17) is 24.3 Å². The quantitative estimate of drug-likeness (QED) is 0.0266. The van der Waals surface area contributed by atoms with Crippen molar-refractivity contribution in [3.8, 4) is 0 Å². The van der Waals surface area contributed by atoms with E-state index in [1.807, 2.05) is 0 Å². The fraction of sp³-hybridized carbons (Fsp3) is 0.796. The van der Waals surface area contributed by atoms with Crippen molar-refractivity contribution in [1.29, 1.82) is 0 Å². The number of phosphoric ester groups is 1. The van der Waals surface area contributed by atoms with Gasteiger partial charge in [0.2, 0.25) is 0 Å². The highest BCUT2D eigenvalue weighted by Crippen LogP contribution is 2.43. The number of hydrogen-bond acceptors (Lipinski definition) is 8. The van der Waals surface area contributed by atoms with E-state index in [1.54, 1.807) is 0 Å². The maximum absolute atomic E-state index is 12.6. The minimum Gasteiger partial charge on any atom is -0.462 e. The van der Waals surface area contributed by atoms with E-state index in [0.29, 0.717) is 6.42 Å². The fourth-order valence-electron chi connectivity index (χ4n) is 6.58. The summed E-state index contributed by atoms with van der Waals surface area (Å²) in [4.78, 5) is 35.0. The summed E-state index contributed by atoms with van der Waals surface area (Å²) < 4.78 is 32.8. The Bertz CT molecular complexity index is 1110. The van der Waals surface area contributed by atoms with Gasteiger partial charge in [0.1, 0.15) is 6.61 Å². The minimum atomic E-state index is -4.39. The van der Waals surface area contributed by atoms with E-state index in [1.165, 1.54) is 128 Å². The number of allylic oxidation sites excluding steroid dienone is 8. The standard InChI is InChI=1S/C49H90NO8P/c1-3-5-7-9-11-13-15-17-19-21-22-23-24-26-27-29-31-33-35-37-39-41-48(51)55-45-47(46-57-59(53,54)56-44-43-50)58-49(52)42-40-38-36-34-32-30-28-25-20-18-16-14-12-10-8-6-4-2/h12,14,17-20,28,30,47H,3-11,13,15-16,21-27,29,31-46,50H2,1-2H3,(H,53,54)/b14-12-,19-17-,20-18-,30-28-/t47-/m1/s1. The van der Waals surface area contributed by atoms with Gasteiger partial charge in [0.25, 0.3) is 0 Å². The minimum absolute atomic E-state index is 0.0484. The van der Waals surface area contributed by atoms with Crippen LogP contribution in [-0.2, 0) is 32.7 Å². The molecule has 0 heterocycles. The summed E-state index contributed by atoms with van der Waals surface area (Å²) in [5.74, 6) is -0.851. The monoisotopic (exact) mass is 852 g/mol. The number of carbonyl (C=O) groups excluding carboxylic acids is 2. The van der Waals surface area contributed by atoms with Crippen LogP contribution in [0.2, 0.25) is 0 Å². The molecule has 0 aliphatic carbocycles. The second-order valence-electron chi connectivity index (χ2n) is 16.0. The molecule has 0 radical (unpaired) electrons. The van der Waals surface area contributed by atoms with E-state index >= 15 is 0 Å². The van der Waals surface area contributed by atoms with Gasteiger partial charge in [-0.25, -0.2) is 4.57 Å². The van der Waals surface area contributed by atoms with Gasteiger partial charge >= 0.3 is 19.8 Å². The van der Waals surface area contributed by atoms with Crippen molar-refractivity contribution >= 4 is 19.8 Å². The van der Waals surface area contributed by atoms with Crippen LogP contribution in [0.15, 0.2) is 48.6 Å². The first-order valence-electron chi connectivity index (χ1n) is 24.1. The molecule has 59 heavy (non-hydrogen) atoms. The summed E-state index contributed by atoms with van der Waals surface area (Å²) in [5.41, 5.74) is 5.36. The topological polar surface area (TPSA) is 134 Å². The van der Waals surface area contributed by atoms with Crippen LogP contribution in [0.5, 0.6) is 0 Å². The molecule has 1 unspecified atom stereocenters. The smallest absolute Gasteiger partial charge is 0.462 e. The molecule has 344 valence electrons. The summed E-state index contributed by atoms with van der Waals surface area (Å²) in [6, 6.07) is 0. The summed E-state index contributed by atoms with van der Waals surface area (Å²) in [5, 5.41) is 0. The molecule has 2 atom stereocenters. The molecule has 10 heteroatoms. The second-order valence-corrected chi connectivity index (χ2v) is 17.4. The summed E-state index contributed by atoms with van der Waals surface area (Å²) >= 11 is 0. The van der Waals surface area contributed by atoms with Crippen LogP contribution in [0.1, 0.15) is 219 Å². The first-order valence-corrected chi connectivity index (χ1v) is 25.6. The Kier molecular flexibility index (Phi) is 43.9. The van der Waals surface area contributed by atoms with Gasteiger partial charge in [-0.2, -0.15) is 0 Å². The first kappa shape index (κ1) is 57.0. The van der Waals surface area contributed by atoms with Crippen LogP contribution in [0.4, 0.5) is 0 Å². The van der Waals surface area contributed by atoms with Crippen LogP contribution < -0.4 is 5.73 Å². The van der Waals surface area contributed by atoms with Crippen molar-refractivity contribution in [2.75, 3.05) is 26.4 Å². The van der Waals surface area contributed by atoms with Gasteiger partial charge in [0, 0.05) is 19.4 Å². The van der Waals surface area contributed by atoms with Crippen molar-refractivity contribution in [3.05, 3.63) is 48.6 Å². The molecule has 0 fully saturated rings. The molecule has 0 aliphatic heterocycles. The highest BCUT2D eigenvalue weighted by Gasteiger charge is 2.26. The summed E-state index contributed by atoms with van der Waals surface area (Å²) in [7, 11) is -4.39. The highest BCUT2D eigenvalue weighted by molar-refractivity contribution is 7.47. The molecule has 0 aromatic rings. The van der Waals surface area contributed by atoms with E-state index in [0.717, 1.165) is 57.8 Å². The number of esters is 2. The molecule has 0 spiro atoms. The third-order valence-electron chi connectivity index (χ3n) is 10.2. The predicted molar refractivity (Wildman–Crippen MR) is 247 cm³/mol. The first-order chi connectivity index (χ1) is 28.8. The van der Waals surface area contributed by atoms with Crippen molar-refractivity contribution in [1.82, 2.24) is 0 Å². The fourth-order valence-corrected chi connectivity index (χ4v) is 7.34. The molecule has 0 aliphatic rings. The van der Waals surface area contributed by atoms with E-state index in [2.05, 4.69) is 62.5 Å². The van der Waals surface area contributed by atoms with E-state index in [9.17, 15) is 19.0 Å². The van der Waals surface area contributed by atoms with Crippen LogP contribution in [0, 0.1) is 0 Å². The summed E-state index contributed by atoms with van der Waals surface area (Å²) in [6.45, 7) is 3.69. The maximum atomic E-state index is 12.6. The lowest BCUT2D eigenvalue weighted by Gasteiger charge is -2.19. The van der Waals surface area contributed by atoms with Gasteiger partial charge in [-0.15, -0.1) is 0 Å². The number of carbonyl (C=O) groups is 2. The van der Waals surface area contributed by atoms with Gasteiger partial charge in [-0.1, -0.05) is 178 Å². The molecule has 0 rings (SSSR count). The van der Waals surface area contributed by atoms with Gasteiger partial charge in [-0.05, 0) is 77.0 Å². The third-order valence-corrected chi connectivity index (χ3v) is 11.2. The van der Waals surface area contributed by atoms with Crippen molar-refractivity contribution in [2.45, 2.75) is 225 Å². The Morgan fingerprint density at radius 2 is 0.881 bits per heavy atom. The average Bonchev–Trinajstić information content (AvgIpc) is 3.22. The SMILES string of the molecule is CCCCC/C=C\C/C=C\C/C=C\CCCCCCC(=O)O[C@H](COC(=O)CCCCCCCCCCCCC/C=C\CCCCCCCC)COP(=O)(O)OCCN. The largest absolute Gasteiger partial charge is 0.472 e. The van der Waals surface area contributed by atoms with Crippen molar-refractivity contribution in [2.24, 2.45) is 5.73 Å². The van der Waals surface area contributed by atoms with Gasteiger partial charge in [0.15, 0.2) is 6.10 Å². The van der Waals surface area contributed by atoms with Crippen molar-refractivity contribution < 1.29 is 37.6 Å². The highest BCUT2D eigenvalue weighted by atomic mass is 31.2. The molecular formula is C49H90NO8P. The normalized spacial score (nSPS) is 13.6. The molecule has 0 bridgehead atoms. The van der Waals surface area contributed by atoms with Crippen LogP contribution in [-0.4, -0.2) is 49.3 Å². The third kappa shape index (κ3) is 45.3. The molecule has 0 aromatic heterocycles. The van der Waals surface area contributed by atoms with Gasteiger partial charge in [-0.3, -0.25) is 18.6 Å². The number of hydrogen-bond donors (Lipinski definition) is 2. The number of ether oxygens (including phenoxy) is 2. The van der Waals surface area contributed by atoms with Gasteiger partial charge < -0.3 is 20.1 Å². The summed E-state index contributed by atoms with van der Waals surface area (Å²) in [6.07, 6.45) is 52.8. The Morgan fingerprint density at radius 3 is 1.36 bits per heavy atom. The molecule has 0 amide bonds. The van der Waals surface area contributed by atoms with Crippen molar-refractivity contribution in [3.63, 3.8) is 0 Å². The molecule has 0 saturated heterocycles. The molecule has 0 saturated carbocycles. The van der Waals surface area contributed by atoms with E-state index < -0.39 is 26.5 Å². The lowest BCUT2D eigenvalue weighted by molar-refractivity contribution is -0.161. The lowest BCUT2D eigenvalue weighted by atomic mass is 10.0. The molecule has 9 nitrogen and oxygen atoms in total. The number of nitrogens with two attached hydrogens (primary N) is 1. The Balaban J connectivity index is 4.10. The van der Waals surface area contributed by atoms with Crippen LogP contribution in [0.3, 0.4) is 0 Å². The number of unbranched alkanes of at least 4 members (excludes halogenated alkanes) is 24. The second kappa shape index (κ2) is 45.5. The molecular weight excluding hydrogens is 762 g/mol. The predicted octanol–water partition coefficient (Wildman–Crippen LogP) is 14.3. The van der Waals surface area contributed by atoms with E-state index in [-0.39, 0.29) is 38.6 Å². The zero-order valence-corrected chi connectivity index (χ0v) is 38.9. The lowest BCUT2D eigenvalue weighted by Crippen LogP contribution is -2.29. The van der Waals surface area contributed by atoms with Gasteiger partial charge in [0.05, 0.1) is 13.2 Å². The molecule has 0 aromatic carbocycles. The average molecular weight is 852 g/mol. The maximum Gasteiger partial charge on any atom is 0.472 e. The van der Waals surface area contributed by atoms with Crippen LogP contribution in [0.25, 0.3) is 0 Å². The zero-order chi connectivity index (χ0) is 43.2.